The lowest BCUT2D eigenvalue weighted by Crippen LogP contribution is -2.35. The van der Waals surface area contributed by atoms with Crippen molar-refractivity contribution >= 4 is 29.0 Å². The van der Waals surface area contributed by atoms with Gasteiger partial charge in [-0.05, 0) is 42.7 Å². The van der Waals surface area contributed by atoms with Crippen molar-refractivity contribution in [2.24, 2.45) is 5.92 Å². The standard InChI is InChI=1S/C20H22N4OS2/c1-14(16-9-10-16)21-18(25)13-27-20-23-22-19(17-8-5-11-26-17)24(20)12-15-6-3-2-4-7-15/h2-8,11,14,16H,9-10,12-13H2,1H3,(H,21,25)/t14-/m0/s1. The Morgan fingerprint density at radius 1 is 1.26 bits per heavy atom. The van der Waals surface area contributed by atoms with Crippen LogP contribution in [0.2, 0.25) is 0 Å². The van der Waals surface area contributed by atoms with E-state index in [1.165, 1.54) is 30.2 Å². The second-order valence-electron chi connectivity index (χ2n) is 6.84. The number of carbonyl (C=O) groups is 1. The largest absolute Gasteiger partial charge is 0.353 e. The van der Waals surface area contributed by atoms with Crippen molar-refractivity contribution in [2.45, 2.75) is 37.5 Å². The highest BCUT2D eigenvalue weighted by Crippen LogP contribution is 2.32. The first-order valence-corrected chi connectivity index (χ1v) is 11.0. The molecule has 3 aromatic rings. The van der Waals surface area contributed by atoms with Crippen molar-refractivity contribution in [2.75, 3.05) is 5.75 Å². The number of nitrogens with one attached hydrogen (secondary N) is 1. The van der Waals surface area contributed by atoms with E-state index in [1.807, 2.05) is 29.6 Å². The summed E-state index contributed by atoms with van der Waals surface area (Å²) in [5, 5.41) is 14.7. The number of thioether (sulfide) groups is 1. The maximum atomic E-state index is 12.3. The van der Waals surface area contributed by atoms with E-state index in [-0.39, 0.29) is 11.9 Å². The molecule has 2 heterocycles. The number of amides is 1. The Morgan fingerprint density at radius 3 is 2.78 bits per heavy atom. The molecule has 1 atom stereocenters. The van der Waals surface area contributed by atoms with E-state index in [1.54, 1.807) is 11.3 Å². The smallest absolute Gasteiger partial charge is 0.230 e. The van der Waals surface area contributed by atoms with Crippen molar-refractivity contribution in [3.63, 3.8) is 0 Å². The molecule has 0 bridgehead atoms. The normalized spacial score (nSPS) is 14.9. The van der Waals surface area contributed by atoms with Crippen molar-refractivity contribution < 1.29 is 4.79 Å². The summed E-state index contributed by atoms with van der Waals surface area (Å²) in [6.07, 6.45) is 2.45. The number of benzene rings is 1. The molecule has 1 aliphatic carbocycles. The van der Waals surface area contributed by atoms with Crippen LogP contribution in [0.4, 0.5) is 0 Å². The summed E-state index contributed by atoms with van der Waals surface area (Å²) in [7, 11) is 0. The summed E-state index contributed by atoms with van der Waals surface area (Å²) in [6, 6.07) is 14.6. The lowest BCUT2D eigenvalue weighted by Gasteiger charge is -2.13. The second-order valence-corrected chi connectivity index (χ2v) is 8.73. The van der Waals surface area contributed by atoms with Gasteiger partial charge in [0.25, 0.3) is 0 Å². The Morgan fingerprint density at radius 2 is 2.07 bits per heavy atom. The van der Waals surface area contributed by atoms with Gasteiger partial charge in [0.15, 0.2) is 11.0 Å². The molecule has 1 aromatic carbocycles. The van der Waals surface area contributed by atoms with E-state index in [4.69, 9.17) is 0 Å². The molecule has 5 nitrogen and oxygen atoms in total. The van der Waals surface area contributed by atoms with Crippen LogP contribution in [0.1, 0.15) is 25.3 Å². The third-order valence-corrected chi connectivity index (χ3v) is 6.52. The Kier molecular flexibility index (Phi) is 5.59. The van der Waals surface area contributed by atoms with Crippen LogP contribution < -0.4 is 5.32 Å². The molecule has 1 N–H and O–H groups in total. The van der Waals surface area contributed by atoms with Crippen molar-refractivity contribution in [1.82, 2.24) is 20.1 Å². The van der Waals surface area contributed by atoms with Gasteiger partial charge in [0.05, 0.1) is 17.2 Å². The Balaban J connectivity index is 1.50. The molecule has 1 fully saturated rings. The molecule has 0 unspecified atom stereocenters. The van der Waals surface area contributed by atoms with Gasteiger partial charge in [-0.1, -0.05) is 48.2 Å². The molecule has 140 valence electrons. The molecule has 27 heavy (non-hydrogen) atoms. The van der Waals surface area contributed by atoms with E-state index < -0.39 is 0 Å². The summed E-state index contributed by atoms with van der Waals surface area (Å²) >= 11 is 3.09. The highest BCUT2D eigenvalue weighted by atomic mass is 32.2. The molecule has 4 rings (SSSR count). The number of carbonyl (C=O) groups excluding carboxylic acids is 1. The van der Waals surface area contributed by atoms with Crippen LogP contribution in [0.25, 0.3) is 10.7 Å². The maximum Gasteiger partial charge on any atom is 0.230 e. The molecule has 0 radical (unpaired) electrons. The summed E-state index contributed by atoms with van der Waals surface area (Å²) in [5.74, 6) is 1.93. The highest BCUT2D eigenvalue weighted by molar-refractivity contribution is 7.99. The maximum absolute atomic E-state index is 12.3. The van der Waals surface area contributed by atoms with Crippen LogP contribution in [0, 0.1) is 5.92 Å². The molecule has 2 aromatic heterocycles. The second kappa shape index (κ2) is 8.27. The number of hydrogen-bond acceptors (Lipinski definition) is 5. The Labute approximate surface area is 167 Å². The summed E-state index contributed by atoms with van der Waals surface area (Å²) < 4.78 is 2.10. The lowest BCUT2D eigenvalue weighted by molar-refractivity contribution is -0.119. The van der Waals surface area contributed by atoms with E-state index in [0.29, 0.717) is 18.2 Å². The highest BCUT2D eigenvalue weighted by Gasteiger charge is 2.29. The zero-order chi connectivity index (χ0) is 18.6. The number of hydrogen-bond donors (Lipinski definition) is 1. The summed E-state index contributed by atoms with van der Waals surface area (Å²) in [6.45, 7) is 2.77. The molecule has 0 aliphatic heterocycles. The van der Waals surface area contributed by atoms with Crippen molar-refractivity contribution in [3.8, 4) is 10.7 Å². The third kappa shape index (κ3) is 4.59. The van der Waals surface area contributed by atoms with Gasteiger partial charge in [-0.15, -0.1) is 21.5 Å². The fourth-order valence-electron chi connectivity index (χ4n) is 3.03. The van der Waals surface area contributed by atoms with E-state index in [0.717, 1.165) is 15.9 Å². The minimum absolute atomic E-state index is 0.0614. The zero-order valence-corrected chi connectivity index (χ0v) is 16.8. The Bertz CT molecular complexity index is 888. The fraction of sp³-hybridized carbons (Fsp3) is 0.350. The van der Waals surface area contributed by atoms with Crippen LogP contribution in [-0.4, -0.2) is 32.5 Å². The topological polar surface area (TPSA) is 59.8 Å². The average molecular weight is 399 g/mol. The van der Waals surface area contributed by atoms with Crippen LogP contribution in [0.5, 0.6) is 0 Å². The van der Waals surface area contributed by atoms with Gasteiger partial charge < -0.3 is 5.32 Å². The van der Waals surface area contributed by atoms with E-state index in [9.17, 15) is 4.79 Å². The monoisotopic (exact) mass is 398 g/mol. The zero-order valence-electron chi connectivity index (χ0n) is 15.2. The predicted molar refractivity (Wildman–Crippen MR) is 110 cm³/mol. The molecule has 0 saturated heterocycles. The van der Waals surface area contributed by atoms with Crippen LogP contribution >= 0.6 is 23.1 Å². The molecular weight excluding hydrogens is 376 g/mol. The Hall–Kier alpha value is -2.12. The minimum Gasteiger partial charge on any atom is -0.353 e. The molecule has 1 amide bonds. The van der Waals surface area contributed by atoms with E-state index >= 15 is 0 Å². The third-order valence-electron chi connectivity index (χ3n) is 4.69. The van der Waals surface area contributed by atoms with Gasteiger partial charge >= 0.3 is 0 Å². The first-order valence-electron chi connectivity index (χ1n) is 9.14. The minimum atomic E-state index is 0.0614. The van der Waals surface area contributed by atoms with Crippen LogP contribution in [0.15, 0.2) is 53.0 Å². The van der Waals surface area contributed by atoms with E-state index in [2.05, 4.69) is 45.2 Å². The number of nitrogens with zero attached hydrogens (tertiary/aromatic N) is 3. The van der Waals surface area contributed by atoms with Gasteiger partial charge in [-0.2, -0.15) is 0 Å². The van der Waals surface area contributed by atoms with Gasteiger partial charge in [0, 0.05) is 6.04 Å². The molecule has 0 spiro atoms. The summed E-state index contributed by atoms with van der Waals surface area (Å²) in [4.78, 5) is 13.4. The summed E-state index contributed by atoms with van der Waals surface area (Å²) in [5.41, 5.74) is 1.18. The SMILES string of the molecule is C[C@H](NC(=O)CSc1nnc(-c2cccs2)n1Cc1ccccc1)C1CC1. The predicted octanol–water partition coefficient (Wildman–Crippen LogP) is 4.06. The fourth-order valence-corrected chi connectivity index (χ4v) is 4.50. The first kappa shape index (κ1) is 18.3. The average Bonchev–Trinajstić information content (AvgIpc) is 3.25. The molecule has 1 aliphatic rings. The molecule has 1 saturated carbocycles. The number of aromatic nitrogens is 3. The van der Waals surface area contributed by atoms with Gasteiger partial charge in [0.2, 0.25) is 5.91 Å². The quantitative estimate of drug-likeness (QED) is 0.581. The van der Waals surface area contributed by atoms with Crippen LogP contribution in [0.3, 0.4) is 0 Å². The van der Waals surface area contributed by atoms with Gasteiger partial charge in [0.1, 0.15) is 0 Å². The lowest BCUT2D eigenvalue weighted by atomic mass is 10.2. The van der Waals surface area contributed by atoms with Gasteiger partial charge in [-0.3, -0.25) is 9.36 Å². The number of rotatable bonds is 8. The van der Waals surface area contributed by atoms with Crippen molar-refractivity contribution in [3.05, 3.63) is 53.4 Å². The molecule has 7 heteroatoms. The molecular formula is C20H22N4OS2. The first-order chi connectivity index (χ1) is 13.2. The van der Waals surface area contributed by atoms with Crippen LogP contribution in [-0.2, 0) is 11.3 Å². The van der Waals surface area contributed by atoms with Gasteiger partial charge in [-0.25, -0.2) is 0 Å². The number of thiophene rings is 1. The van der Waals surface area contributed by atoms with Crippen molar-refractivity contribution in [1.29, 1.82) is 0 Å².